The summed E-state index contributed by atoms with van der Waals surface area (Å²) in [6, 6.07) is 9.85. The number of amides is 1. The third kappa shape index (κ3) is 4.22. The lowest BCUT2D eigenvalue weighted by Crippen LogP contribution is -2.15. The van der Waals surface area contributed by atoms with Crippen LogP contribution in [0.1, 0.15) is 5.56 Å². The van der Waals surface area contributed by atoms with Crippen molar-refractivity contribution >= 4 is 39.9 Å². The van der Waals surface area contributed by atoms with Crippen molar-refractivity contribution in [3.8, 4) is 0 Å². The quantitative estimate of drug-likeness (QED) is 0.485. The Morgan fingerprint density at radius 2 is 1.90 bits per heavy atom. The summed E-state index contributed by atoms with van der Waals surface area (Å²) in [7, 11) is 0. The lowest BCUT2D eigenvalue weighted by molar-refractivity contribution is -0.384. The van der Waals surface area contributed by atoms with Gasteiger partial charge in [-0.3, -0.25) is 14.9 Å². The fourth-order valence-corrected chi connectivity index (χ4v) is 2.32. The number of nitrogens with one attached hydrogen (secondary N) is 1. The fourth-order valence-electron chi connectivity index (χ4n) is 1.71. The predicted octanol–water partition coefficient (Wildman–Crippen LogP) is 3.52. The number of carbonyl (C=O) groups is 1. The third-order valence-electron chi connectivity index (χ3n) is 2.72. The molecule has 2 aromatic rings. The van der Waals surface area contributed by atoms with Gasteiger partial charge in [0, 0.05) is 15.7 Å². The molecule has 1 N–H and O–H groups in total. The molecule has 0 aliphatic carbocycles. The molecule has 7 heteroatoms. The van der Waals surface area contributed by atoms with Gasteiger partial charge < -0.3 is 5.32 Å². The first kappa shape index (κ1) is 15.4. The highest BCUT2D eigenvalue weighted by Gasteiger charge is 2.09. The second-order valence-corrected chi connectivity index (χ2v) is 5.43. The highest BCUT2D eigenvalue weighted by molar-refractivity contribution is 14.1. The molecule has 2 rings (SSSR count). The van der Waals surface area contributed by atoms with Gasteiger partial charge in [-0.1, -0.05) is 12.1 Å². The fraction of sp³-hybridized carbons (Fsp3) is 0.0714. The van der Waals surface area contributed by atoms with E-state index in [2.05, 4.69) is 5.32 Å². The zero-order valence-electron chi connectivity index (χ0n) is 10.7. The van der Waals surface area contributed by atoms with Crippen LogP contribution in [0.2, 0.25) is 0 Å². The second-order valence-electron chi connectivity index (χ2n) is 4.27. The van der Waals surface area contributed by atoms with Crippen molar-refractivity contribution < 1.29 is 14.1 Å². The van der Waals surface area contributed by atoms with Gasteiger partial charge in [-0.15, -0.1) is 0 Å². The van der Waals surface area contributed by atoms with Gasteiger partial charge in [0.1, 0.15) is 5.82 Å². The summed E-state index contributed by atoms with van der Waals surface area (Å²) in [5, 5.41) is 13.2. The minimum absolute atomic E-state index is 0.0211. The van der Waals surface area contributed by atoms with E-state index in [0.29, 0.717) is 14.8 Å². The minimum Gasteiger partial charge on any atom is -0.325 e. The first-order valence-electron chi connectivity index (χ1n) is 5.94. The summed E-state index contributed by atoms with van der Waals surface area (Å²) in [6.45, 7) is 0. The Labute approximate surface area is 133 Å². The predicted molar refractivity (Wildman–Crippen MR) is 84.5 cm³/mol. The maximum atomic E-state index is 13.0. The van der Waals surface area contributed by atoms with Gasteiger partial charge in [0.25, 0.3) is 5.69 Å². The maximum Gasteiger partial charge on any atom is 0.269 e. The number of hydrogen-bond donors (Lipinski definition) is 1. The van der Waals surface area contributed by atoms with Gasteiger partial charge in [0.2, 0.25) is 5.91 Å². The topological polar surface area (TPSA) is 72.2 Å². The second kappa shape index (κ2) is 6.61. The summed E-state index contributed by atoms with van der Waals surface area (Å²) in [5.41, 5.74) is 1.17. The van der Waals surface area contributed by atoms with Gasteiger partial charge in [-0.05, 0) is 46.4 Å². The van der Waals surface area contributed by atoms with E-state index in [1.54, 1.807) is 0 Å². The number of non-ortho nitro benzene ring substituents is 1. The van der Waals surface area contributed by atoms with Crippen LogP contribution < -0.4 is 5.32 Å². The molecule has 0 aromatic heterocycles. The van der Waals surface area contributed by atoms with Crippen molar-refractivity contribution in [3.63, 3.8) is 0 Å². The van der Waals surface area contributed by atoms with Gasteiger partial charge in [-0.2, -0.15) is 0 Å². The highest BCUT2D eigenvalue weighted by atomic mass is 127. The Kier molecular flexibility index (Phi) is 4.84. The number of anilines is 1. The van der Waals surface area contributed by atoms with Crippen LogP contribution in [0.25, 0.3) is 0 Å². The molecular weight excluding hydrogens is 390 g/mol. The van der Waals surface area contributed by atoms with E-state index in [1.807, 2.05) is 22.6 Å². The molecule has 0 fully saturated rings. The summed E-state index contributed by atoms with van der Waals surface area (Å²) < 4.78 is 13.6. The summed E-state index contributed by atoms with van der Waals surface area (Å²) in [5.74, 6) is -0.638. The van der Waals surface area contributed by atoms with Crippen molar-refractivity contribution in [1.29, 1.82) is 0 Å². The Balaban J connectivity index is 2.02. The zero-order valence-corrected chi connectivity index (χ0v) is 12.8. The molecular formula is C14H10FIN2O3. The van der Waals surface area contributed by atoms with E-state index >= 15 is 0 Å². The maximum absolute atomic E-state index is 13.0. The third-order valence-corrected chi connectivity index (χ3v) is 3.61. The molecule has 0 heterocycles. The van der Waals surface area contributed by atoms with Crippen LogP contribution in [0.3, 0.4) is 0 Å². The number of carbonyl (C=O) groups excluding carboxylic acids is 1. The Hall–Kier alpha value is -2.03. The van der Waals surface area contributed by atoms with Gasteiger partial charge >= 0.3 is 0 Å². The monoisotopic (exact) mass is 400 g/mol. The molecule has 21 heavy (non-hydrogen) atoms. The van der Waals surface area contributed by atoms with Crippen molar-refractivity contribution in [2.45, 2.75) is 6.42 Å². The van der Waals surface area contributed by atoms with Crippen LogP contribution in [-0.2, 0) is 11.2 Å². The van der Waals surface area contributed by atoms with Crippen LogP contribution in [0.15, 0.2) is 42.5 Å². The Morgan fingerprint density at radius 1 is 1.24 bits per heavy atom. The van der Waals surface area contributed by atoms with Crippen molar-refractivity contribution in [3.05, 3.63) is 67.5 Å². The largest absolute Gasteiger partial charge is 0.325 e. The smallest absolute Gasteiger partial charge is 0.269 e. The number of nitro groups is 1. The summed E-state index contributed by atoms with van der Waals surface area (Å²) in [6.07, 6.45) is 0.0887. The molecule has 0 radical (unpaired) electrons. The molecule has 0 unspecified atom stereocenters. The van der Waals surface area contributed by atoms with Crippen LogP contribution in [0.5, 0.6) is 0 Å². The van der Waals surface area contributed by atoms with Crippen LogP contribution >= 0.6 is 22.6 Å². The molecule has 0 aliphatic rings. The molecule has 0 bridgehead atoms. The molecule has 0 saturated heterocycles. The molecule has 0 saturated carbocycles. The molecule has 1 amide bonds. The summed E-state index contributed by atoms with van der Waals surface area (Å²) >= 11 is 1.93. The Bertz CT molecular complexity index is 689. The lowest BCUT2D eigenvalue weighted by Gasteiger charge is -2.07. The van der Waals surface area contributed by atoms with Gasteiger partial charge in [0.05, 0.1) is 17.0 Å². The average molecular weight is 400 g/mol. The normalized spacial score (nSPS) is 10.2. The molecule has 0 atom stereocenters. The number of hydrogen-bond acceptors (Lipinski definition) is 3. The molecule has 108 valence electrons. The number of nitrogens with zero attached hydrogens (tertiary/aromatic N) is 1. The van der Waals surface area contributed by atoms with E-state index < -0.39 is 4.92 Å². The van der Waals surface area contributed by atoms with E-state index in [-0.39, 0.29) is 23.8 Å². The van der Waals surface area contributed by atoms with E-state index in [1.165, 1.54) is 42.5 Å². The zero-order chi connectivity index (χ0) is 15.4. The van der Waals surface area contributed by atoms with Crippen molar-refractivity contribution in [1.82, 2.24) is 0 Å². The van der Waals surface area contributed by atoms with E-state index in [9.17, 15) is 19.3 Å². The van der Waals surface area contributed by atoms with Crippen molar-refractivity contribution in [2.24, 2.45) is 0 Å². The SMILES string of the molecule is O=C(Cc1ccc([N+](=O)[O-])cc1)Nc1ccc(F)cc1I. The van der Waals surface area contributed by atoms with Crippen molar-refractivity contribution in [2.75, 3.05) is 5.32 Å². The highest BCUT2D eigenvalue weighted by Crippen LogP contribution is 2.19. The molecule has 2 aromatic carbocycles. The standard InChI is InChI=1S/C14H10FIN2O3/c15-10-3-6-13(12(16)8-10)17-14(19)7-9-1-4-11(5-2-9)18(20)21/h1-6,8H,7H2,(H,17,19). The minimum atomic E-state index is -0.495. The molecule has 5 nitrogen and oxygen atoms in total. The van der Waals surface area contributed by atoms with Crippen LogP contribution in [-0.4, -0.2) is 10.8 Å². The first-order chi connectivity index (χ1) is 9.95. The molecule has 0 aliphatic heterocycles. The van der Waals surface area contributed by atoms with Gasteiger partial charge in [0.15, 0.2) is 0 Å². The Morgan fingerprint density at radius 3 is 2.48 bits per heavy atom. The number of halogens is 2. The lowest BCUT2D eigenvalue weighted by atomic mass is 10.1. The number of rotatable bonds is 4. The number of benzene rings is 2. The first-order valence-corrected chi connectivity index (χ1v) is 7.02. The molecule has 0 spiro atoms. The van der Waals surface area contributed by atoms with E-state index in [4.69, 9.17) is 0 Å². The van der Waals surface area contributed by atoms with Gasteiger partial charge in [-0.25, -0.2) is 4.39 Å². The van der Waals surface area contributed by atoms with Crippen LogP contribution in [0.4, 0.5) is 15.8 Å². The number of nitro benzene ring substituents is 1. The average Bonchev–Trinajstić information content (AvgIpc) is 2.42. The summed E-state index contributed by atoms with van der Waals surface area (Å²) in [4.78, 5) is 21.9. The van der Waals surface area contributed by atoms with Crippen LogP contribution in [0, 0.1) is 19.5 Å². The van der Waals surface area contributed by atoms with E-state index in [0.717, 1.165) is 0 Å².